The van der Waals surface area contributed by atoms with Gasteiger partial charge in [0.05, 0.1) is 5.52 Å². The van der Waals surface area contributed by atoms with Gasteiger partial charge in [0.15, 0.2) is 0 Å². The third-order valence-electron chi connectivity index (χ3n) is 1.39. The number of hydrogen-bond donors (Lipinski definition) is 0. The molecule has 0 atom stereocenters. The summed E-state index contributed by atoms with van der Waals surface area (Å²) in [4.78, 5) is 4.10. The molecule has 0 N–H and O–H groups in total. The Morgan fingerprint density at radius 2 is 2.00 bits per heavy atom. The first-order valence-corrected chi connectivity index (χ1v) is 4.38. The van der Waals surface area contributed by atoms with Gasteiger partial charge in [-0.25, -0.2) is 4.98 Å². The zero-order valence-electron chi connectivity index (χ0n) is 5.83. The molecule has 0 radical (unpaired) electrons. The molecule has 3 nitrogen and oxygen atoms in total. The van der Waals surface area contributed by atoms with Crippen molar-refractivity contribution >= 4 is 38.6 Å². The zero-order valence-corrected chi connectivity index (χ0v) is 8.17. The molecular formula is C7H3BrClN3. The van der Waals surface area contributed by atoms with Crippen LogP contribution in [0.5, 0.6) is 0 Å². The fourth-order valence-corrected chi connectivity index (χ4v) is 1.32. The summed E-state index contributed by atoms with van der Waals surface area (Å²) in [6.45, 7) is 0. The molecule has 0 amide bonds. The summed E-state index contributed by atoms with van der Waals surface area (Å²) in [5.41, 5.74) is 1.48. The van der Waals surface area contributed by atoms with Crippen LogP contribution >= 0.6 is 27.5 Å². The third-order valence-corrected chi connectivity index (χ3v) is 1.96. The molecule has 0 aliphatic carbocycles. The smallest absolute Gasteiger partial charge is 0.218 e. The van der Waals surface area contributed by atoms with E-state index in [0.717, 1.165) is 5.52 Å². The normalized spacial score (nSPS) is 10.5. The highest BCUT2D eigenvalue weighted by atomic mass is 79.9. The molecule has 12 heavy (non-hydrogen) atoms. The lowest BCUT2D eigenvalue weighted by Gasteiger charge is -1.95. The molecule has 2 aromatic rings. The van der Waals surface area contributed by atoms with Crippen molar-refractivity contribution in [3.05, 3.63) is 28.0 Å². The lowest BCUT2D eigenvalue weighted by Crippen LogP contribution is -1.88. The van der Waals surface area contributed by atoms with Crippen molar-refractivity contribution in [3.63, 3.8) is 0 Å². The Kier molecular flexibility index (Phi) is 1.94. The molecular weight excluding hydrogens is 241 g/mol. The van der Waals surface area contributed by atoms with Gasteiger partial charge in [0.2, 0.25) is 4.73 Å². The first-order chi connectivity index (χ1) is 5.75. The molecule has 0 saturated carbocycles. The van der Waals surface area contributed by atoms with Crippen LogP contribution in [-0.2, 0) is 0 Å². The molecule has 1 heterocycles. The second kappa shape index (κ2) is 2.95. The number of aromatic nitrogens is 3. The molecule has 0 bridgehead atoms. The largest absolute Gasteiger partial charge is 0.219 e. The highest BCUT2D eigenvalue weighted by Crippen LogP contribution is 2.15. The summed E-state index contributed by atoms with van der Waals surface area (Å²) in [6.07, 6.45) is 0. The van der Waals surface area contributed by atoms with Gasteiger partial charge in [0, 0.05) is 5.02 Å². The molecule has 5 heteroatoms. The zero-order chi connectivity index (χ0) is 8.55. The van der Waals surface area contributed by atoms with Crippen LogP contribution in [0.15, 0.2) is 22.9 Å². The summed E-state index contributed by atoms with van der Waals surface area (Å²) in [7, 11) is 0. The van der Waals surface area contributed by atoms with Gasteiger partial charge in [0.25, 0.3) is 0 Å². The maximum absolute atomic E-state index is 5.75. The molecule has 0 spiro atoms. The van der Waals surface area contributed by atoms with Gasteiger partial charge >= 0.3 is 0 Å². The Hall–Kier alpha value is -0.740. The minimum absolute atomic E-state index is 0.484. The minimum Gasteiger partial charge on any atom is -0.219 e. The lowest BCUT2D eigenvalue weighted by molar-refractivity contribution is 0.985. The standard InChI is InChI=1S/C7H3BrClN3/c8-7-10-5-2-1-4(9)3-6(5)11-12-7/h1-3H. The van der Waals surface area contributed by atoms with Crippen molar-refractivity contribution in [1.29, 1.82) is 0 Å². The van der Waals surface area contributed by atoms with Gasteiger partial charge in [-0.05, 0) is 34.1 Å². The summed E-state index contributed by atoms with van der Waals surface area (Å²) in [5, 5.41) is 8.28. The van der Waals surface area contributed by atoms with E-state index in [2.05, 4.69) is 31.1 Å². The molecule has 0 saturated heterocycles. The molecule has 2 rings (SSSR count). The maximum atomic E-state index is 5.75. The van der Waals surface area contributed by atoms with Crippen molar-refractivity contribution in [2.75, 3.05) is 0 Å². The van der Waals surface area contributed by atoms with Crippen LogP contribution in [0, 0.1) is 0 Å². The van der Waals surface area contributed by atoms with E-state index in [1.807, 2.05) is 0 Å². The van der Waals surface area contributed by atoms with Crippen LogP contribution < -0.4 is 0 Å². The van der Waals surface area contributed by atoms with Gasteiger partial charge in [0.1, 0.15) is 5.52 Å². The molecule has 60 valence electrons. The molecule has 0 aliphatic heterocycles. The Morgan fingerprint density at radius 3 is 2.83 bits per heavy atom. The molecule has 0 unspecified atom stereocenters. The summed E-state index contributed by atoms with van der Waals surface area (Å²) in [6, 6.07) is 5.30. The minimum atomic E-state index is 0.484. The van der Waals surface area contributed by atoms with E-state index in [0.29, 0.717) is 15.3 Å². The number of halogens is 2. The number of benzene rings is 1. The van der Waals surface area contributed by atoms with Gasteiger partial charge in [-0.2, -0.15) is 0 Å². The van der Waals surface area contributed by atoms with E-state index in [1.54, 1.807) is 18.2 Å². The Morgan fingerprint density at radius 1 is 1.17 bits per heavy atom. The van der Waals surface area contributed by atoms with Crippen molar-refractivity contribution in [2.45, 2.75) is 0 Å². The fourth-order valence-electron chi connectivity index (χ4n) is 0.888. The molecule has 1 aromatic carbocycles. The fraction of sp³-hybridized carbons (Fsp3) is 0. The number of fused-ring (bicyclic) bond motifs is 1. The number of nitrogens with zero attached hydrogens (tertiary/aromatic N) is 3. The molecule has 1 aromatic heterocycles. The van der Waals surface area contributed by atoms with E-state index in [1.165, 1.54) is 0 Å². The first kappa shape index (κ1) is 7.89. The second-order valence-corrected chi connectivity index (χ2v) is 3.36. The van der Waals surface area contributed by atoms with Crippen LogP contribution in [-0.4, -0.2) is 15.2 Å². The average molecular weight is 244 g/mol. The van der Waals surface area contributed by atoms with E-state index in [-0.39, 0.29) is 0 Å². The monoisotopic (exact) mass is 243 g/mol. The highest BCUT2D eigenvalue weighted by Gasteiger charge is 1.98. The third kappa shape index (κ3) is 1.40. The predicted octanol–water partition coefficient (Wildman–Crippen LogP) is 2.44. The van der Waals surface area contributed by atoms with E-state index in [4.69, 9.17) is 11.6 Å². The topological polar surface area (TPSA) is 38.7 Å². The van der Waals surface area contributed by atoms with Crippen LogP contribution in [0.4, 0.5) is 0 Å². The predicted molar refractivity (Wildman–Crippen MR) is 50.0 cm³/mol. The summed E-state index contributed by atoms with van der Waals surface area (Å²) in [5.74, 6) is 0. The van der Waals surface area contributed by atoms with Crippen LogP contribution in [0.3, 0.4) is 0 Å². The Labute approximate surface area is 81.9 Å². The lowest BCUT2D eigenvalue weighted by atomic mass is 10.3. The molecule has 0 fully saturated rings. The van der Waals surface area contributed by atoms with Gasteiger partial charge in [-0.3, -0.25) is 0 Å². The summed E-state index contributed by atoms with van der Waals surface area (Å²) < 4.78 is 0.484. The quantitative estimate of drug-likeness (QED) is 0.714. The van der Waals surface area contributed by atoms with Crippen LogP contribution in [0.1, 0.15) is 0 Å². The van der Waals surface area contributed by atoms with Crippen molar-refractivity contribution in [2.24, 2.45) is 0 Å². The van der Waals surface area contributed by atoms with E-state index < -0.39 is 0 Å². The molecule has 0 aliphatic rings. The van der Waals surface area contributed by atoms with Gasteiger partial charge in [-0.1, -0.05) is 11.6 Å². The maximum Gasteiger partial charge on any atom is 0.218 e. The van der Waals surface area contributed by atoms with Gasteiger partial charge in [-0.15, -0.1) is 10.2 Å². The van der Waals surface area contributed by atoms with Crippen molar-refractivity contribution in [1.82, 2.24) is 15.2 Å². The number of rotatable bonds is 0. The second-order valence-electron chi connectivity index (χ2n) is 2.21. The van der Waals surface area contributed by atoms with E-state index in [9.17, 15) is 0 Å². The Bertz CT molecular complexity index is 391. The van der Waals surface area contributed by atoms with E-state index >= 15 is 0 Å². The first-order valence-electron chi connectivity index (χ1n) is 3.21. The van der Waals surface area contributed by atoms with Crippen LogP contribution in [0.2, 0.25) is 5.02 Å². The van der Waals surface area contributed by atoms with Crippen molar-refractivity contribution < 1.29 is 0 Å². The Balaban J connectivity index is 2.79. The number of hydrogen-bond acceptors (Lipinski definition) is 3. The SMILES string of the molecule is Clc1ccc2nc(Br)nnc2c1. The van der Waals surface area contributed by atoms with Gasteiger partial charge < -0.3 is 0 Å². The average Bonchev–Trinajstić information content (AvgIpc) is 2.05. The van der Waals surface area contributed by atoms with Crippen molar-refractivity contribution in [3.8, 4) is 0 Å². The summed E-state index contributed by atoms with van der Waals surface area (Å²) >= 11 is 8.88. The highest BCUT2D eigenvalue weighted by molar-refractivity contribution is 9.10. The van der Waals surface area contributed by atoms with Crippen LogP contribution in [0.25, 0.3) is 11.0 Å².